The molecule has 0 aliphatic carbocycles. The predicted molar refractivity (Wildman–Crippen MR) is 27.1 cm³/mol. The van der Waals surface area contributed by atoms with Gasteiger partial charge in [-0.15, -0.1) is 0 Å². The van der Waals surface area contributed by atoms with E-state index in [1.165, 1.54) is 0 Å². The summed E-state index contributed by atoms with van der Waals surface area (Å²) in [5.41, 5.74) is 8.61. The van der Waals surface area contributed by atoms with Crippen LogP contribution in [0.4, 0.5) is 0 Å². The molecule has 0 saturated carbocycles. The molecule has 0 aromatic heterocycles. The van der Waals surface area contributed by atoms with E-state index in [-0.39, 0.29) is 0 Å². The normalized spacial score (nSPS) is 9.50. The zero-order valence-corrected chi connectivity index (χ0v) is 4.33. The van der Waals surface area contributed by atoms with Gasteiger partial charge in [0.05, 0.1) is 13.1 Å². The molecule has 0 radical (unpaired) electrons. The number of hydrogen-bond acceptors (Lipinski definition) is 4. The number of hydrogen-bond donors (Lipinski definition) is 3. The second-order valence-corrected chi connectivity index (χ2v) is 1.00. The van der Waals surface area contributed by atoms with Crippen molar-refractivity contribution in [3.05, 3.63) is 0 Å². The number of rotatable bonds is 4. The molecule has 6 nitrogen and oxygen atoms in total. The van der Waals surface area contributed by atoms with Crippen molar-refractivity contribution in [3.8, 4) is 0 Å². The molecule has 6 heteroatoms. The minimum atomic E-state index is 0.457. The van der Waals surface area contributed by atoms with Gasteiger partial charge in [-0.1, -0.05) is 10.4 Å². The van der Waals surface area contributed by atoms with Crippen LogP contribution in [0.2, 0.25) is 0 Å². The summed E-state index contributed by atoms with van der Waals surface area (Å²) in [7, 11) is 0. The van der Waals surface area contributed by atoms with Gasteiger partial charge in [0.2, 0.25) is 0 Å². The first-order chi connectivity index (χ1) is 3.91. The molecule has 0 bridgehead atoms. The summed E-state index contributed by atoms with van der Waals surface area (Å²) in [5, 5.41) is 9.26. The van der Waals surface area contributed by atoms with Crippen molar-refractivity contribution in [1.29, 1.82) is 5.53 Å². The average molecular weight is 116 g/mol. The standard InChI is InChI=1S/C2H8N6/c3-7-5-1-2-6-8-4/h1-2H2,(H2,3,5)(H2,4,6). The van der Waals surface area contributed by atoms with Gasteiger partial charge in [-0.05, 0) is 0 Å². The highest BCUT2D eigenvalue weighted by Gasteiger charge is 1.75. The molecule has 0 heterocycles. The Kier molecular flexibility index (Phi) is 4.93. The van der Waals surface area contributed by atoms with Crippen molar-refractivity contribution in [2.75, 3.05) is 13.1 Å². The van der Waals surface area contributed by atoms with E-state index in [1.807, 2.05) is 0 Å². The van der Waals surface area contributed by atoms with Gasteiger partial charge in [0.25, 0.3) is 0 Å². The van der Waals surface area contributed by atoms with Crippen molar-refractivity contribution >= 4 is 0 Å². The first-order valence-corrected chi connectivity index (χ1v) is 2.08. The van der Waals surface area contributed by atoms with E-state index in [1.54, 1.807) is 0 Å². The van der Waals surface area contributed by atoms with Crippen LogP contribution in [0.15, 0.2) is 15.6 Å². The topological polar surface area (TPSA) is 99.0 Å². The third-order valence-corrected chi connectivity index (χ3v) is 0.484. The molecule has 0 aromatic rings. The molecule has 4 N–H and O–H groups in total. The van der Waals surface area contributed by atoms with Crippen LogP contribution in [0, 0.1) is 5.53 Å². The quantitative estimate of drug-likeness (QED) is 0.206. The third kappa shape index (κ3) is 4.80. The Morgan fingerprint density at radius 2 is 2.38 bits per heavy atom. The molecular weight excluding hydrogens is 108 g/mol. The molecule has 46 valence electrons. The van der Waals surface area contributed by atoms with Crippen LogP contribution < -0.4 is 11.3 Å². The fraction of sp³-hybridized carbons (Fsp3) is 1.00. The summed E-state index contributed by atoms with van der Waals surface area (Å²) in [6.07, 6.45) is 0. The minimum absolute atomic E-state index is 0.457. The van der Waals surface area contributed by atoms with E-state index in [0.29, 0.717) is 13.1 Å². The van der Waals surface area contributed by atoms with Crippen LogP contribution >= 0.6 is 0 Å². The molecule has 0 rings (SSSR count). The third-order valence-electron chi connectivity index (χ3n) is 0.484. The Labute approximate surface area is 46.6 Å². The lowest BCUT2D eigenvalue weighted by Gasteiger charge is -1.88. The Hall–Kier alpha value is -1.20. The summed E-state index contributed by atoms with van der Waals surface area (Å²) < 4.78 is 0. The van der Waals surface area contributed by atoms with Gasteiger partial charge in [0, 0.05) is 0 Å². The first kappa shape index (κ1) is 6.80. The fourth-order valence-corrected chi connectivity index (χ4v) is 0.214. The largest absolute Gasteiger partial charge is 0.305 e. The van der Waals surface area contributed by atoms with Crippen molar-refractivity contribution in [3.63, 3.8) is 0 Å². The van der Waals surface area contributed by atoms with Gasteiger partial charge < -0.3 is 5.84 Å². The highest BCUT2D eigenvalue weighted by molar-refractivity contribution is 4.37. The number of nitrogens with two attached hydrogens (primary N) is 1. The number of nitrogens with one attached hydrogen (secondary N) is 2. The average Bonchev–Trinajstić information content (AvgIpc) is 1.81. The number of nitrogens with zero attached hydrogens (tertiary/aromatic N) is 3. The highest BCUT2D eigenvalue weighted by Crippen LogP contribution is 1.65. The van der Waals surface area contributed by atoms with Crippen molar-refractivity contribution in [2.45, 2.75) is 0 Å². The van der Waals surface area contributed by atoms with Gasteiger partial charge in [-0.25, -0.2) is 0 Å². The van der Waals surface area contributed by atoms with Gasteiger partial charge in [0.1, 0.15) is 0 Å². The minimum Gasteiger partial charge on any atom is -0.305 e. The monoisotopic (exact) mass is 116 g/mol. The maximum atomic E-state index is 6.25. The summed E-state index contributed by atoms with van der Waals surface area (Å²) in [6.45, 7) is 0.961. The van der Waals surface area contributed by atoms with Crippen molar-refractivity contribution in [1.82, 2.24) is 5.43 Å². The van der Waals surface area contributed by atoms with Gasteiger partial charge in [-0.2, -0.15) is 10.6 Å². The zero-order chi connectivity index (χ0) is 6.24. The first-order valence-electron chi connectivity index (χ1n) is 2.08. The lowest BCUT2D eigenvalue weighted by atomic mass is 10.7. The molecule has 0 atom stereocenters. The van der Waals surface area contributed by atoms with Crippen LogP contribution in [0.5, 0.6) is 0 Å². The van der Waals surface area contributed by atoms with Gasteiger partial charge in [0.15, 0.2) is 0 Å². The van der Waals surface area contributed by atoms with E-state index < -0.39 is 0 Å². The van der Waals surface area contributed by atoms with Crippen molar-refractivity contribution in [2.24, 2.45) is 21.4 Å². The van der Waals surface area contributed by atoms with Crippen LogP contribution in [0.25, 0.3) is 0 Å². The molecule has 0 fully saturated rings. The summed E-state index contributed by atoms with van der Waals surface area (Å²) >= 11 is 0. The smallest absolute Gasteiger partial charge is 0.0810 e. The fourth-order valence-electron chi connectivity index (χ4n) is 0.214. The van der Waals surface area contributed by atoms with Gasteiger partial charge >= 0.3 is 0 Å². The summed E-state index contributed by atoms with van der Waals surface area (Å²) in [5.74, 6) is 4.66. The SMILES string of the molecule is N=NNCCN=NN. The molecule has 0 spiro atoms. The second-order valence-electron chi connectivity index (χ2n) is 1.00. The van der Waals surface area contributed by atoms with Crippen LogP contribution in [-0.4, -0.2) is 13.1 Å². The lowest BCUT2D eigenvalue weighted by Crippen LogP contribution is -2.08. The molecule has 8 heavy (non-hydrogen) atoms. The predicted octanol–water partition coefficient (Wildman–Crippen LogP) is -0.152. The maximum absolute atomic E-state index is 6.25. The Bertz CT molecular complexity index is 76.6. The molecule has 0 amide bonds. The van der Waals surface area contributed by atoms with Gasteiger partial charge in [-0.3, -0.25) is 5.43 Å². The van der Waals surface area contributed by atoms with Crippen molar-refractivity contribution < 1.29 is 0 Å². The second kappa shape index (κ2) is 5.80. The molecule has 0 aliphatic rings. The van der Waals surface area contributed by atoms with Crippen LogP contribution in [-0.2, 0) is 0 Å². The Morgan fingerprint density at radius 1 is 1.62 bits per heavy atom. The van der Waals surface area contributed by atoms with E-state index >= 15 is 0 Å². The molecular formula is C2H8N6. The zero-order valence-electron chi connectivity index (χ0n) is 4.33. The molecule has 0 aromatic carbocycles. The van der Waals surface area contributed by atoms with E-state index in [0.717, 1.165) is 0 Å². The van der Waals surface area contributed by atoms with E-state index in [2.05, 4.69) is 26.8 Å². The Balaban J connectivity index is 2.82. The lowest BCUT2D eigenvalue weighted by molar-refractivity contribution is 0.664. The summed E-state index contributed by atoms with van der Waals surface area (Å²) in [6, 6.07) is 0. The summed E-state index contributed by atoms with van der Waals surface area (Å²) in [4.78, 5) is 0. The van der Waals surface area contributed by atoms with Crippen LogP contribution in [0.3, 0.4) is 0 Å². The highest BCUT2D eigenvalue weighted by atomic mass is 15.4. The van der Waals surface area contributed by atoms with E-state index in [9.17, 15) is 0 Å². The Morgan fingerprint density at radius 3 is 2.88 bits per heavy atom. The maximum Gasteiger partial charge on any atom is 0.0810 e. The van der Waals surface area contributed by atoms with Crippen LogP contribution in [0.1, 0.15) is 0 Å². The van der Waals surface area contributed by atoms with E-state index in [4.69, 9.17) is 5.53 Å². The molecule has 0 aliphatic heterocycles. The molecule has 0 unspecified atom stereocenters. The molecule has 0 saturated heterocycles.